The Balaban J connectivity index is 0.000000479. The molecule has 0 spiro atoms. The van der Waals surface area contributed by atoms with E-state index in [1.165, 1.54) is 110 Å². The minimum atomic E-state index is -4.23. The van der Waals surface area contributed by atoms with Crippen molar-refractivity contribution in [3.8, 4) is 16.9 Å². The number of benzene rings is 3. The predicted molar refractivity (Wildman–Crippen MR) is 211 cm³/mol. The number of ether oxygens (including phenoxy) is 1. The molecule has 0 bridgehead atoms. The Kier molecular flexibility index (Phi) is 18.1. The Morgan fingerprint density at radius 2 is 1.20 bits per heavy atom. The van der Waals surface area contributed by atoms with Crippen molar-refractivity contribution < 1.29 is 35.1 Å². The fourth-order valence-electron chi connectivity index (χ4n) is 7.80. The van der Waals surface area contributed by atoms with Gasteiger partial charge in [-0.1, -0.05) is 84.2 Å². The van der Waals surface area contributed by atoms with Gasteiger partial charge in [0, 0.05) is 13.5 Å². The van der Waals surface area contributed by atoms with Crippen molar-refractivity contribution in [1.29, 1.82) is 0 Å². The van der Waals surface area contributed by atoms with E-state index < -0.39 is 19.7 Å². The number of hydrogen-bond donors (Lipinski definition) is 0. The van der Waals surface area contributed by atoms with E-state index in [2.05, 4.69) is 122 Å². The fraction of sp³-hybridized carbons (Fsp3) is 0.581. The Bertz CT molecular complexity index is 1380. The molecule has 0 unspecified atom stereocenters. The van der Waals surface area contributed by atoms with Gasteiger partial charge in [-0.3, -0.25) is 0 Å². The zero-order chi connectivity index (χ0) is 37.0. The summed E-state index contributed by atoms with van der Waals surface area (Å²) in [6.45, 7) is 18.7. The van der Waals surface area contributed by atoms with Crippen molar-refractivity contribution in [3.63, 3.8) is 0 Å². The van der Waals surface area contributed by atoms with Crippen LogP contribution in [-0.4, -0.2) is 17.4 Å². The van der Waals surface area contributed by atoms with Gasteiger partial charge in [0.05, 0.1) is 17.4 Å². The van der Waals surface area contributed by atoms with Gasteiger partial charge < -0.3 is 4.74 Å². The van der Waals surface area contributed by atoms with Crippen molar-refractivity contribution in [2.45, 2.75) is 161 Å². The van der Waals surface area contributed by atoms with E-state index in [9.17, 15) is 13.2 Å². The molecule has 0 amide bonds. The van der Waals surface area contributed by atoms with Crippen LogP contribution in [0.15, 0.2) is 54.6 Å². The van der Waals surface area contributed by atoms with Gasteiger partial charge in [-0.25, -0.2) is 0 Å². The van der Waals surface area contributed by atoms with Crippen LogP contribution in [0.5, 0.6) is 5.75 Å². The molecule has 0 saturated heterocycles. The molecule has 7 heteroatoms. The molecule has 3 aromatic carbocycles. The number of halogens is 4. The molecule has 5 rings (SSSR count). The topological polar surface area (TPSA) is 9.23 Å². The summed E-state index contributed by atoms with van der Waals surface area (Å²) in [6, 6.07) is 19.1. The second kappa shape index (κ2) is 20.9. The van der Waals surface area contributed by atoms with Crippen LogP contribution in [0.25, 0.3) is 11.1 Å². The van der Waals surface area contributed by atoms with Crippen LogP contribution in [0.1, 0.15) is 160 Å². The fourth-order valence-corrected chi connectivity index (χ4v) is 12.3. The normalized spacial score (nSPS) is 16.1. The first-order valence-electron chi connectivity index (χ1n) is 18.8. The molecule has 280 valence electrons. The first-order valence-corrected chi connectivity index (χ1v) is 24.0. The predicted octanol–water partition coefficient (Wildman–Crippen LogP) is 14.4. The van der Waals surface area contributed by atoms with Crippen molar-refractivity contribution in [1.82, 2.24) is 0 Å². The second-order valence-electron chi connectivity index (χ2n) is 15.3. The molecular weight excluding hydrogens is 807 g/mol. The Labute approximate surface area is 320 Å². The average Bonchev–Trinajstić information content (AvgIpc) is 3.10. The molecule has 0 N–H and O–H groups in total. The van der Waals surface area contributed by atoms with Gasteiger partial charge in [-0.2, -0.15) is 43.5 Å². The zero-order valence-electron chi connectivity index (χ0n) is 31.5. The molecule has 2 fully saturated rings. The quantitative estimate of drug-likeness (QED) is 0.118. The van der Waals surface area contributed by atoms with Gasteiger partial charge in [0.15, 0.2) is 5.75 Å². The van der Waals surface area contributed by atoms with Gasteiger partial charge in [0.2, 0.25) is 0 Å². The second-order valence-corrected chi connectivity index (χ2v) is 18.3. The van der Waals surface area contributed by atoms with Crippen molar-refractivity contribution >= 4 is 26.7 Å². The van der Waals surface area contributed by atoms with E-state index >= 15 is 0 Å². The molecule has 0 atom stereocenters. The molecule has 0 heterocycles. The zero-order valence-corrected chi connectivity index (χ0v) is 35.6. The molecule has 0 aromatic heterocycles. The molecule has 2 aliphatic carbocycles. The summed E-state index contributed by atoms with van der Waals surface area (Å²) in [4.78, 5) is 0. The van der Waals surface area contributed by atoms with E-state index in [1.54, 1.807) is 5.30 Å². The van der Waals surface area contributed by atoms with Crippen LogP contribution in [0, 0.1) is 6.07 Å². The standard InChI is InChI=1S/C36H55OP.C7H4F3.BrH.Pd/c1-24(2)28-22-32(25(3)4)35(33(23-28)26(5)6)31-20-15-21-34(37-27(7)8)36(31)38(29-16-11-9-12-17-29)30-18-13-10-14-19-30;8-7(9,10)6-4-2-1-3-5-6;;/h15,20-27,29-30H,9-14,16-19H2,1-8H3;2-5H;1H;/q;-1;;+2. The third kappa shape index (κ3) is 11.9. The summed E-state index contributed by atoms with van der Waals surface area (Å²) in [5, 5.41) is 1.66. The summed E-state index contributed by atoms with van der Waals surface area (Å²) < 4.78 is 42.1. The summed E-state index contributed by atoms with van der Waals surface area (Å²) in [5.74, 6) is 2.73. The minimum absolute atomic E-state index is 0.197. The van der Waals surface area contributed by atoms with Gasteiger partial charge in [-0.05, 0) is 111 Å². The van der Waals surface area contributed by atoms with E-state index in [1.807, 2.05) is 0 Å². The maximum absolute atomic E-state index is 11.8. The van der Waals surface area contributed by atoms with Crippen LogP contribution >= 0.6 is 21.4 Å². The van der Waals surface area contributed by atoms with Crippen molar-refractivity contribution in [2.75, 3.05) is 0 Å². The Hall–Kier alpha value is -1.18. The van der Waals surface area contributed by atoms with Crippen molar-refractivity contribution in [2.24, 2.45) is 0 Å². The molecule has 0 radical (unpaired) electrons. The van der Waals surface area contributed by atoms with E-state index in [-0.39, 0.29) is 6.10 Å². The third-order valence-corrected chi connectivity index (χ3v) is 14.2. The Morgan fingerprint density at radius 1 is 0.720 bits per heavy atom. The molecule has 0 aliphatic heterocycles. The summed E-state index contributed by atoms with van der Waals surface area (Å²) in [6.07, 6.45) is 10.2. The Morgan fingerprint density at radius 3 is 1.58 bits per heavy atom. The van der Waals surface area contributed by atoms with Crippen LogP contribution in [0.3, 0.4) is 0 Å². The molecule has 2 saturated carbocycles. The van der Waals surface area contributed by atoms with Crippen LogP contribution < -0.4 is 10.0 Å². The molecule has 50 heavy (non-hydrogen) atoms. The maximum atomic E-state index is 11.8. The first kappa shape index (κ1) is 43.2. The number of hydrogen-bond acceptors (Lipinski definition) is 1. The van der Waals surface area contributed by atoms with E-state index in [4.69, 9.17) is 4.74 Å². The van der Waals surface area contributed by atoms with Crippen LogP contribution in [0.2, 0.25) is 0 Å². The summed E-state index contributed by atoms with van der Waals surface area (Å²) in [5.41, 5.74) is 8.76. The van der Waals surface area contributed by atoms with Gasteiger partial charge in [-0.15, -0.1) is 0 Å². The molecule has 2 aliphatic rings. The summed E-state index contributed by atoms with van der Waals surface area (Å²) in [7, 11) is -0.810. The number of alkyl halides is 3. The van der Waals surface area contributed by atoms with E-state index in [0.29, 0.717) is 17.8 Å². The van der Waals surface area contributed by atoms with Crippen LogP contribution in [0.4, 0.5) is 13.2 Å². The molecule has 3 aromatic rings. The van der Waals surface area contributed by atoms with Gasteiger partial charge in [0.25, 0.3) is 0 Å². The van der Waals surface area contributed by atoms with Crippen LogP contribution in [-0.2, 0) is 23.4 Å². The third-order valence-electron chi connectivity index (χ3n) is 10.2. The molecular formula is C43H60BrF3OPPd+. The van der Waals surface area contributed by atoms with E-state index in [0.717, 1.165) is 23.5 Å². The summed E-state index contributed by atoms with van der Waals surface area (Å²) >= 11 is 5.35. The first-order chi connectivity index (χ1) is 23.8. The number of rotatable bonds is 9. The average molecular weight is 867 g/mol. The molecule has 1 nitrogen and oxygen atoms in total. The van der Waals surface area contributed by atoms with Crippen molar-refractivity contribution in [3.05, 3.63) is 82.9 Å². The van der Waals surface area contributed by atoms with Gasteiger partial charge >= 0.3 is 36.8 Å². The monoisotopic (exact) mass is 865 g/mol. The SMILES string of the molecule is CC(C)Oc1cccc(-c2c(C(C)C)cc(C(C)C)cc2C(C)C)c1[PH+](C1CCCCC1)C1CCCCC1.FC(F)(F)c1cc[c-]cc1.[Br][Pd+]. The van der Waals surface area contributed by atoms with Gasteiger partial charge in [0.1, 0.15) is 5.30 Å².